The summed E-state index contributed by atoms with van der Waals surface area (Å²) < 4.78 is 10.6. The summed E-state index contributed by atoms with van der Waals surface area (Å²) in [5.41, 5.74) is 4.66. The van der Waals surface area contributed by atoms with Crippen molar-refractivity contribution in [1.29, 1.82) is 0 Å². The summed E-state index contributed by atoms with van der Waals surface area (Å²) >= 11 is 0. The van der Waals surface area contributed by atoms with Crippen LogP contribution in [-0.4, -0.2) is 35.8 Å². The van der Waals surface area contributed by atoms with E-state index in [1.165, 1.54) is 16.6 Å². The Kier molecular flexibility index (Phi) is 4.01. The molecule has 25 heavy (non-hydrogen) atoms. The summed E-state index contributed by atoms with van der Waals surface area (Å²) in [6.07, 6.45) is 0.969. The molecule has 0 atom stereocenters. The molecule has 1 aliphatic heterocycles. The largest absolute Gasteiger partial charge is 0.504 e. The van der Waals surface area contributed by atoms with E-state index in [-0.39, 0.29) is 5.75 Å². The molecule has 2 aromatic carbocycles. The van der Waals surface area contributed by atoms with E-state index in [2.05, 4.69) is 22.0 Å². The number of aromatic hydroxyl groups is 1. The number of nitrogens with zero attached hydrogens (tertiary/aromatic N) is 1. The number of benzene rings is 2. The number of hydrogen-bond donors (Lipinski definition) is 2. The van der Waals surface area contributed by atoms with E-state index in [0.29, 0.717) is 12.3 Å². The van der Waals surface area contributed by atoms with Crippen LogP contribution >= 0.6 is 0 Å². The van der Waals surface area contributed by atoms with Crippen molar-refractivity contribution < 1.29 is 14.6 Å². The fraction of sp³-hybridized carbons (Fsp3) is 0.300. The SMILES string of the molecule is COc1ccc2[nH]c3c(c2c1)CN(Cc1cccc(OC)c1O)CC3. The van der Waals surface area contributed by atoms with E-state index in [1.807, 2.05) is 18.2 Å². The molecule has 1 aliphatic rings. The first kappa shape index (κ1) is 15.8. The Labute approximate surface area is 146 Å². The third-order valence-electron chi connectivity index (χ3n) is 4.96. The van der Waals surface area contributed by atoms with Gasteiger partial charge in [0, 0.05) is 48.2 Å². The van der Waals surface area contributed by atoms with Crippen LogP contribution in [0.5, 0.6) is 17.2 Å². The van der Waals surface area contributed by atoms with Gasteiger partial charge in [-0.15, -0.1) is 0 Å². The van der Waals surface area contributed by atoms with Gasteiger partial charge >= 0.3 is 0 Å². The van der Waals surface area contributed by atoms with Gasteiger partial charge in [0.05, 0.1) is 14.2 Å². The number of methoxy groups -OCH3 is 2. The fourth-order valence-corrected chi connectivity index (χ4v) is 3.61. The first-order valence-corrected chi connectivity index (χ1v) is 8.44. The smallest absolute Gasteiger partial charge is 0.162 e. The van der Waals surface area contributed by atoms with Crippen LogP contribution in [0.2, 0.25) is 0 Å². The third-order valence-corrected chi connectivity index (χ3v) is 4.96. The Morgan fingerprint density at radius 1 is 1.16 bits per heavy atom. The van der Waals surface area contributed by atoms with Crippen LogP contribution in [0.1, 0.15) is 16.8 Å². The molecule has 0 spiro atoms. The number of aromatic nitrogens is 1. The second-order valence-electron chi connectivity index (χ2n) is 6.42. The van der Waals surface area contributed by atoms with E-state index in [1.54, 1.807) is 20.3 Å². The molecule has 3 aromatic rings. The van der Waals surface area contributed by atoms with Gasteiger partial charge in [-0.05, 0) is 29.8 Å². The summed E-state index contributed by atoms with van der Waals surface area (Å²) in [6, 6.07) is 11.8. The minimum atomic E-state index is 0.233. The number of phenolic OH excluding ortho intramolecular Hbond substituents is 1. The quantitative estimate of drug-likeness (QED) is 0.765. The summed E-state index contributed by atoms with van der Waals surface area (Å²) in [5, 5.41) is 11.6. The Morgan fingerprint density at radius 2 is 2.04 bits per heavy atom. The predicted octanol–water partition coefficient (Wildman–Crippen LogP) is 3.45. The predicted molar refractivity (Wildman–Crippen MR) is 97.3 cm³/mol. The second kappa shape index (κ2) is 6.33. The van der Waals surface area contributed by atoms with Gasteiger partial charge in [-0.2, -0.15) is 0 Å². The minimum absolute atomic E-state index is 0.233. The van der Waals surface area contributed by atoms with Crippen LogP contribution in [0.3, 0.4) is 0 Å². The van der Waals surface area contributed by atoms with Crippen LogP contribution < -0.4 is 9.47 Å². The highest BCUT2D eigenvalue weighted by Gasteiger charge is 2.22. The third kappa shape index (κ3) is 2.81. The van der Waals surface area contributed by atoms with Crippen molar-refractivity contribution in [3.8, 4) is 17.2 Å². The molecule has 5 heteroatoms. The van der Waals surface area contributed by atoms with E-state index in [0.717, 1.165) is 36.3 Å². The highest BCUT2D eigenvalue weighted by molar-refractivity contribution is 5.86. The second-order valence-corrected chi connectivity index (χ2v) is 6.42. The highest BCUT2D eigenvalue weighted by Crippen LogP contribution is 2.33. The molecule has 2 N–H and O–H groups in total. The van der Waals surface area contributed by atoms with Gasteiger partial charge in [0.15, 0.2) is 11.5 Å². The number of rotatable bonds is 4. The molecule has 2 heterocycles. The topological polar surface area (TPSA) is 57.7 Å². The molecule has 0 radical (unpaired) electrons. The van der Waals surface area contributed by atoms with Crippen molar-refractivity contribution >= 4 is 10.9 Å². The van der Waals surface area contributed by atoms with Gasteiger partial charge < -0.3 is 19.6 Å². The average Bonchev–Trinajstić information content (AvgIpc) is 3.00. The number of phenols is 1. The molecule has 4 rings (SSSR count). The normalized spacial score (nSPS) is 14.5. The monoisotopic (exact) mass is 338 g/mol. The van der Waals surface area contributed by atoms with Gasteiger partial charge in [0.2, 0.25) is 0 Å². The van der Waals surface area contributed by atoms with Crippen LogP contribution in [0.25, 0.3) is 10.9 Å². The van der Waals surface area contributed by atoms with E-state index < -0.39 is 0 Å². The van der Waals surface area contributed by atoms with Crippen molar-refractivity contribution in [3.05, 3.63) is 53.2 Å². The van der Waals surface area contributed by atoms with Crippen molar-refractivity contribution in [2.24, 2.45) is 0 Å². The molecule has 5 nitrogen and oxygen atoms in total. The zero-order valence-corrected chi connectivity index (χ0v) is 14.5. The number of para-hydroxylation sites is 1. The molecule has 0 aliphatic carbocycles. The van der Waals surface area contributed by atoms with Crippen LogP contribution in [-0.2, 0) is 19.5 Å². The van der Waals surface area contributed by atoms with E-state index in [4.69, 9.17) is 9.47 Å². The van der Waals surface area contributed by atoms with Crippen LogP contribution in [0.15, 0.2) is 36.4 Å². The number of fused-ring (bicyclic) bond motifs is 3. The van der Waals surface area contributed by atoms with Gasteiger partial charge in [-0.3, -0.25) is 4.90 Å². The number of H-pyrrole nitrogens is 1. The van der Waals surface area contributed by atoms with Crippen LogP contribution in [0, 0.1) is 0 Å². The lowest BCUT2D eigenvalue weighted by Gasteiger charge is -2.27. The Hall–Kier alpha value is -2.66. The van der Waals surface area contributed by atoms with Gasteiger partial charge in [-0.1, -0.05) is 12.1 Å². The molecular formula is C20H22N2O3. The fourth-order valence-electron chi connectivity index (χ4n) is 3.61. The lowest BCUT2D eigenvalue weighted by Crippen LogP contribution is -2.29. The standard InChI is InChI=1S/C20H22N2O3/c1-24-14-6-7-17-15(10-14)16-12-22(9-8-18(16)21-17)11-13-4-3-5-19(25-2)20(13)23/h3-7,10,21,23H,8-9,11-12H2,1-2H3. The van der Waals surface area contributed by atoms with Gasteiger partial charge in [0.1, 0.15) is 5.75 Å². The zero-order valence-electron chi connectivity index (χ0n) is 14.5. The molecule has 0 unspecified atom stereocenters. The number of ether oxygens (including phenoxy) is 2. The van der Waals surface area contributed by atoms with Gasteiger partial charge in [-0.25, -0.2) is 0 Å². The molecule has 130 valence electrons. The van der Waals surface area contributed by atoms with Crippen molar-refractivity contribution in [1.82, 2.24) is 9.88 Å². The molecular weight excluding hydrogens is 316 g/mol. The van der Waals surface area contributed by atoms with Crippen molar-refractivity contribution in [2.75, 3.05) is 20.8 Å². The minimum Gasteiger partial charge on any atom is -0.504 e. The number of nitrogens with one attached hydrogen (secondary N) is 1. The zero-order chi connectivity index (χ0) is 17.4. The summed E-state index contributed by atoms with van der Waals surface area (Å²) in [7, 11) is 3.27. The molecule has 1 aromatic heterocycles. The number of hydrogen-bond acceptors (Lipinski definition) is 4. The Balaban J connectivity index is 1.62. The molecule has 0 bridgehead atoms. The average molecular weight is 338 g/mol. The molecule has 0 fully saturated rings. The van der Waals surface area contributed by atoms with E-state index >= 15 is 0 Å². The molecule has 0 saturated heterocycles. The van der Waals surface area contributed by atoms with Crippen LogP contribution in [0.4, 0.5) is 0 Å². The summed E-state index contributed by atoms with van der Waals surface area (Å²) in [6.45, 7) is 2.49. The summed E-state index contributed by atoms with van der Waals surface area (Å²) in [5.74, 6) is 1.63. The summed E-state index contributed by atoms with van der Waals surface area (Å²) in [4.78, 5) is 5.88. The van der Waals surface area contributed by atoms with Crippen molar-refractivity contribution in [3.63, 3.8) is 0 Å². The van der Waals surface area contributed by atoms with Gasteiger partial charge in [0.25, 0.3) is 0 Å². The highest BCUT2D eigenvalue weighted by atomic mass is 16.5. The maximum absolute atomic E-state index is 10.3. The molecule has 0 amide bonds. The Bertz CT molecular complexity index is 917. The first-order valence-electron chi connectivity index (χ1n) is 8.44. The first-order chi connectivity index (χ1) is 12.2. The molecule has 0 saturated carbocycles. The maximum Gasteiger partial charge on any atom is 0.162 e. The number of aromatic amines is 1. The lowest BCUT2D eigenvalue weighted by atomic mass is 10.0. The van der Waals surface area contributed by atoms with Crippen molar-refractivity contribution in [2.45, 2.75) is 19.5 Å². The van der Waals surface area contributed by atoms with E-state index in [9.17, 15) is 5.11 Å². The maximum atomic E-state index is 10.3. The lowest BCUT2D eigenvalue weighted by molar-refractivity contribution is 0.241. The Morgan fingerprint density at radius 3 is 2.84 bits per heavy atom.